The standard InChI is InChI=1S/C36H58N6O2/c1-35(2,3)25-41(33(43)37-29-15-19-31(20-16-29)39(7)8)23-27-11-13-28(14-12-27)24-42(26-36(4,5)6)34(44)38-30-17-21-32(22-18-30)40(9)10/h15-22,27-28H,11-14,23-26H2,1-10H3,(H,37,43)(H,38,44). The van der Waals surface area contributed by atoms with Crippen molar-refractivity contribution in [1.82, 2.24) is 9.80 Å². The van der Waals surface area contributed by atoms with E-state index in [9.17, 15) is 9.59 Å². The third-order valence-corrected chi connectivity index (χ3v) is 8.10. The maximum absolute atomic E-state index is 13.5. The van der Waals surface area contributed by atoms with Gasteiger partial charge in [-0.1, -0.05) is 41.5 Å². The maximum atomic E-state index is 13.5. The molecule has 2 aromatic rings. The van der Waals surface area contributed by atoms with Crippen molar-refractivity contribution in [2.24, 2.45) is 22.7 Å². The third-order valence-electron chi connectivity index (χ3n) is 8.10. The Hall–Kier alpha value is -3.42. The molecule has 0 aromatic heterocycles. The second-order valence-corrected chi connectivity index (χ2v) is 15.5. The molecule has 1 fully saturated rings. The van der Waals surface area contributed by atoms with Gasteiger partial charge in [0, 0.05) is 77.1 Å². The maximum Gasteiger partial charge on any atom is 0.321 e. The van der Waals surface area contributed by atoms with Crippen molar-refractivity contribution < 1.29 is 9.59 Å². The molecule has 1 aliphatic rings. The summed E-state index contributed by atoms with van der Waals surface area (Å²) in [4.78, 5) is 35.0. The normalized spacial score (nSPS) is 17.0. The topological polar surface area (TPSA) is 71.2 Å². The number of benzene rings is 2. The molecule has 2 aromatic carbocycles. The van der Waals surface area contributed by atoms with Crippen molar-refractivity contribution in [3.8, 4) is 0 Å². The molecule has 1 saturated carbocycles. The Kier molecular flexibility index (Phi) is 12.0. The van der Waals surface area contributed by atoms with Gasteiger partial charge in [-0.25, -0.2) is 9.59 Å². The SMILES string of the molecule is CN(C)c1ccc(NC(=O)N(CC2CCC(CN(CC(C)(C)C)C(=O)Nc3ccc(N(C)C)cc3)CC2)CC(C)(C)C)cc1. The Morgan fingerprint density at radius 1 is 0.591 bits per heavy atom. The Bertz CT molecular complexity index is 1090. The number of carbonyl (C=O) groups excluding carboxylic acids is 2. The summed E-state index contributed by atoms with van der Waals surface area (Å²) in [5, 5.41) is 6.27. The highest BCUT2D eigenvalue weighted by Crippen LogP contribution is 2.32. The Labute approximate surface area is 267 Å². The molecule has 0 unspecified atom stereocenters. The predicted molar refractivity (Wildman–Crippen MR) is 187 cm³/mol. The first-order valence-electron chi connectivity index (χ1n) is 16.2. The Morgan fingerprint density at radius 3 is 1.14 bits per heavy atom. The quantitative estimate of drug-likeness (QED) is 0.287. The summed E-state index contributed by atoms with van der Waals surface area (Å²) in [7, 11) is 8.04. The van der Waals surface area contributed by atoms with Crippen molar-refractivity contribution in [1.29, 1.82) is 0 Å². The molecule has 0 bridgehead atoms. The highest BCUT2D eigenvalue weighted by molar-refractivity contribution is 5.90. The first-order valence-corrected chi connectivity index (χ1v) is 16.2. The van der Waals surface area contributed by atoms with E-state index in [1.165, 1.54) is 0 Å². The Morgan fingerprint density at radius 2 is 0.886 bits per heavy atom. The van der Waals surface area contributed by atoms with E-state index in [-0.39, 0.29) is 22.9 Å². The van der Waals surface area contributed by atoms with Crippen LogP contribution in [0.15, 0.2) is 48.5 Å². The minimum absolute atomic E-state index is 0.00305. The number of urea groups is 2. The van der Waals surface area contributed by atoms with E-state index in [0.717, 1.165) is 61.5 Å². The number of hydrogen-bond donors (Lipinski definition) is 2. The lowest BCUT2D eigenvalue weighted by molar-refractivity contribution is 0.135. The van der Waals surface area contributed by atoms with Gasteiger partial charge in [0.25, 0.3) is 0 Å². The zero-order valence-electron chi connectivity index (χ0n) is 29.0. The number of rotatable bonds is 10. The molecular weight excluding hydrogens is 548 g/mol. The van der Waals surface area contributed by atoms with E-state index in [1.54, 1.807) is 0 Å². The molecule has 44 heavy (non-hydrogen) atoms. The zero-order valence-corrected chi connectivity index (χ0v) is 29.0. The lowest BCUT2D eigenvalue weighted by atomic mass is 9.81. The van der Waals surface area contributed by atoms with Crippen LogP contribution in [0.1, 0.15) is 67.2 Å². The van der Waals surface area contributed by atoms with Crippen molar-refractivity contribution in [2.75, 3.05) is 74.8 Å². The van der Waals surface area contributed by atoms with E-state index in [4.69, 9.17) is 0 Å². The van der Waals surface area contributed by atoms with E-state index < -0.39 is 0 Å². The summed E-state index contributed by atoms with van der Waals surface area (Å²) in [6.07, 6.45) is 4.25. The van der Waals surface area contributed by atoms with Gasteiger partial charge in [-0.15, -0.1) is 0 Å². The van der Waals surface area contributed by atoms with Gasteiger partial charge in [0.15, 0.2) is 0 Å². The van der Waals surface area contributed by atoms with Crippen LogP contribution >= 0.6 is 0 Å². The fraction of sp³-hybridized carbons (Fsp3) is 0.611. The Balaban J connectivity index is 1.59. The number of nitrogens with zero attached hydrogens (tertiary/aromatic N) is 4. The summed E-state index contributed by atoms with van der Waals surface area (Å²) in [5.74, 6) is 0.908. The van der Waals surface area contributed by atoms with E-state index in [1.807, 2.05) is 96.3 Å². The molecule has 0 aliphatic heterocycles. The summed E-state index contributed by atoms with van der Waals surface area (Å²) >= 11 is 0. The van der Waals surface area contributed by atoms with Crippen molar-refractivity contribution in [3.05, 3.63) is 48.5 Å². The average molecular weight is 607 g/mol. The summed E-state index contributed by atoms with van der Waals surface area (Å²) in [5.41, 5.74) is 3.82. The summed E-state index contributed by atoms with van der Waals surface area (Å²) < 4.78 is 0. The molecule has 1 aliphatic carbocycles. The van der Waals surface area contributed by atoms with Gasteiger partial charge in [-0.05, 0) is 96.9 Å². The molecule has 3 rings (SSSR count). The average Bonchev–Trinajstić information content (AvgIpc) is 2.92. The fourth-order valence-corrected chi connectivity index (χ4v) is 5.89. The second kappa shape index (κ2) is 15.0. The first kappa shape index (κ1) is 35.1. The van der Waals surface area contributed by atoms with Gasteiger partial charge in [0.2, 0.25) is 0 Å². The van der Waals surface area contributed by atoms with Crippen molar-refractivity contribution in [2.45, 2.75) is 67.2 Å². The van der Waals surface area contributed by atoms with Crippen molar-refractivity contribution >= 4 is 34.8 Å². The van der Waals surface area contributed by atoms with E-state index >= 15 is 0 Å². The molecule has 0 radical (unpaired) electrons. The monoisotopic (exact) mass is 606 g/mol. The lowest BCUT2D eigenvalue weighted by Gasteiger charge is -2.38. The highest BCUT2D eigenvalue weighted by atomic mass is 16.2. The molecule has 4 amide bonds. The molecule has 8 heteroatoms. The first-order chi connectivity index (χ1) is 20.5. The second-order valence-electron chi connectivity index (χ2n) is 15.5. The predicted octanol–water partition coefficient (Wildman–Crippen LogP) is 8.09. The molecule has 0 heterocycles. The molecular formula is C36H58N6O2. The van der Waals surface area contributed by atoms with Crippen LogP contribution in [0.2, 0.25) is 0 Å². The number of nitrogens with one attached hydrogen (secondary N) is 2. The molecule has 0 saturated heterocycles. The molecule has 8 nitrogen and oxygen atoms in total. The highest BCUT2D eigenvalue weighted by Gasteiger charge is 2.30. The molecule has 2 N–H and O–H groups in total. The van der Waals surface area contributed by atoms with E-state index in [2.05, 4.69) is 52.2 Å². The van der Waals surface area contributed by atoms with Crippen LogP contribution in [-0.2, 0) is 0 Å². The molecule has 0 atom stereocenters. The lowest BCUT2D eigenvalue weighted by Crippen LogP contribution is -2.45. The number of hydrogen-bond acceptors (Lipinski definition) is 4. The van der Waals surface area contributed by atoms with Crippen LogP contribution < -0.4 is 20.4 Å². The van der Waals surface area contributed by atoms with E-state index in [0.29, 0.717) is 24.9 Å². The number of carbonyl (C=O) groups is 2. The summed E-state index contributed by atoms with van der Waals surface area (Å²) in [6.45, 7) is 16.0. The third kappa shape index (κ3) is 11.6. The van der Waals surface area contributed by atoms with Crippen molar-refractivity contribution in [3.63, 3.8) is 0 Å². The number of amides is 4. The fourth-order valence-electron chi connectivity index (χ4n) is 5.89. The van der Waals surface area contributed by atoms with Crippen LogP contribution in [0.3, 0.4) is 0 Å². The molecule has 0 spiro atoms. The van der Waals surface area contributed by atoms with Crippen LogP contribution in [0.25, 0.3) is 0 Å². The molecule has 244 valence electrons. The van der Waals surface area contributed by atoms with Gasteiger partial charge in [-0.3, -0.25) is 0 Å². The summed E-state index contributed by atoms with van der Waals surface area (Å²) in [6, 6.07) is 15.9. The minimum Gasteiger partial charge on any atom is -0.378 e. The van der Waals surface area contributed by atoms with Gasteiger partial charge in [0.1, 0.15) is 0 Å². The largest absolute Gasteiger partial charge is 0.378 e. The van der Waals surface area contributed by atoms with Crippen LogP contribution in [-0.4, -0.2) is 76.2 Å². The smallest absolute Gasteiger partial charge is 0.321 e. The van der Waals surface area contributed by atoms with Gasteiger partial charge < -0.3 is 30.2 Å². The van der Waals surface area contributed by atoms with Gasteiger partial charge >= 0.3 is 12.1 Å². The minimum atomic E-state index is -0.0358. The van der Waals surface area contributed by atoms with Crippen LogP contribution in [0.5, 0.6) is 0 Å². The van der Waals surface area contributed by atoms with Crippen LogP contribution in [0.4, 0.5) is 32.3 Å². The number of anilines is 4. The van der Waals surface area contributed by atoms with Crippen LogP contribution in [0, 0.1) is 22.7 Å². The zero-order chi connectivity index (χ0) is 32.7. The van der Waals surface area contributed by atoms with Gasteiger partial charge in [0.05, 0.1) is 0 Å². The van der Waals surface area contributed by atoms with Gasteiger partial charge in [-0.2, -0.15) is 0 Å².